The third-order valence-corrected chi connectivity index (χ3v) is 4.58. The second kappa shape index (κ2) is 5.23. The van der Waals surface area contributed by atoms with Crippen LogP contribution in [0.15, 0.2) is 53.0 Å². The average Bonchev–Trinajstić information content (AvgIpc) is 3.24. The van der Waals surface area contributed by atoms with Crippen LogP contribution in [0.4, 0.5) is 5.69 Å². The molecule has 102 valence electrons. The largest absolute Gasteiger partial charge is 0.324 e. The molecule has 0 radical (unpaired) electrons. The molecule has 3 rings (SSSR count). The van der Waals surface area contributed by atoms with E-state index < -0.39 is 0 Å². The highest BCUT2D eigenvalue weighted by molar-refractivity contribution is 9.10. The van der Waals surface area contributed by atoms with Crippen LogP contribution in [-0.2, 0) is 10.2 Å². The van der Waals surface area contributed by atoms with E-state index in [9.17, 15) is 4.79 Å². The Labute approximate surface area is 131 Å². The van der Waals surface area contributed by atoms with Crippen LogP contribution in [0.25, 0.3) is 0 Å². The summed E-state index contributed by atoms with van der Waals surface area (Å²) < 4.78 is 0.794. The molecular formula is C16H13BrClNO. The van der Waals surface area contributed by atoms with Crippen LogP contribution in [0.3, 0.4) is 0 Å². The summed E-state index contributed by atoms with van der Waals surface area (Å²) in [6.45, 7) is 0. The maximum atomic E-state index is 12.6. The maximum absolute atomic E-state index is 12.6. The molecule has 1 aliphatic carbocycles. The van der Waals surface area contributed by atoms with Crippen molar-refractivity contribution in [1.82, 2.24) is 0 Å². The number of amides is 1. The second-order valence-corrected chi connectivity index (χ2v) is 6.32. The van der Waals surface area contributed by atoms with E-state index in [0.717, 1.165) is 28.6 Å². The first kappa shape index (κ1) is 13.7. The number of rotatable bonds is 3. The van der Waals surface area contributed by atoms with Gasteiger partial charge >= 0.3 is 0 Å². The molecule has 1 amide bonds. The molecule has 2 aromatic rings. The van der Waals surface area contributed by atoms with Gasteiger partial charge < -0.3 is 5.32 Å². The monoisotopic (exact) mass is 349 g/mol. The highest BCUT2D eigenvalue weighted by atomic mass is 79.9. The zero-order valence-corrected chi connectivity index (χ0v) is 13.0. The normalized spacial score (nSPS) is 15.7. The fraction of sp³-hybridized carbons (Fsp3) is 0.188. The zero-order chi connectivity index (χ0) is 14.2. The van der Waals surface area contributed by atoms with E-state index in [0.29, 0.717) is 5.02 Å². The Bertz CT molecular complexity index is 653. The number of benzene rings is 2. The van der Waals surface area contributed by atoms with Gasteiger partial charge in [0, 0.05) is 9.50 Å². The van der Waals surface area contributed by atoms with Crippen LogP contribution >= 0.6 is 27.5 Å². The summed E-state index contributed by atoms with van der Waals surface area (Å²) in [6, 6.07) is 15.3. The summed E-state index contributed by atoms with van der Waals surface area (Å²) >= 11 is 9.33. The number of carbonyl (C=O) groups is 1. The topological polar surface area (TPSA) is 29.1 Å². The Hall–Kier alpha value is -1.32. The molecule has 0 aromatic heterocycles. The molecule has 0 aliphatic heterocycles. The average molecular weight is 351 g/mol. The molecule has 0 atom stereocenters. The summed E-state index contributed by atoms with van der Waals surface area (Å²) in [5.41, 5.74) is 1.48. The van der Waals surface area contributed by atoms with Crippen molar-refractivity contribution in [2.75, 3.05) is 5.32 Å². The minimum atomic E-state index is -0.361. The van der Waals surface area contributed by atoms with E-state index in [2.05, 4.69) is 21.2 Å². The zero-order valence-electron chi connectivity index (χ0n) is 10.7. The van der Waals surface area contributed by atoms with Gasteiger partial charge in [-0.3, -0.25) is 4.79 Å². The number of hydrogen-bond donors (Lipinski definition) is 1. The molecule has 2 aromatic carbocycles. The van der Waals surface area contributed by atoms with Crippen LogP contribution in [0.1, 0.15) is 18.4 Å². The lowest BCUT2D eigenvalue weighted by Crippen LogP contribution is -2.27. The van der Waals surface area contributed by atoms with Crippen molar-refractivity contribution in [2.24, 2.45) is 0 Å². The van der Waals surface area contributed by atoms with E-state index in [1.807, 2.05) is 36.4 Å². The van der Waals surface area contributed by atoms with Gasteiger partial charge in [0.2, 0.25) is 5.91 Å². The fourth-order valence-corrected chi connectivity index (χ4v) is 3.14. The molecule has 2 nitrogen and oxygen atoms in total. The van der Waals surface area contributed by atoms with E-state index in [-0.39, 0.29) is 11.3 Å². The summed E-state index contributed by atoms with van der Waals surface area (Å²) in [5, 5.41) is 3.63. The smallest absolute Gasteiger partial charge is 0.235 e. The highest BCUT2D eigenvalue weighted by Gasteiger charge is 2.51. The van der Waals surface area contributed by atoms with Gasteiger partial charge in [0.15, 0.2) is 0 Å². The Morgan fingerprint density at radius 1 is 1.15 bits per heavy atom. The van der Waals surface area contributed by atoms with E-state index in [1.54, 1.807) is 12.1 Å². The highest BCUT2D eigenvalue weighted by Crippen LogP contribution is 2.49. The molecule has 0 spiro atoms. The van der Waals surface area contributed by atoms with Crippen molar-refractivity contribution < 1.29 is 4.79 Å². The number of carbonyl (C=O) groups excluding carboxylic acids is 1. The van der Waals surface area contributed by atoms with Crippen molar-refractivity contribution in [3.8, 4) is 0 Å². The Morgan fingerprint density at radius 2 is 1.85 bits per heavy atom. The molecule has 1 fully saturated rings. The first-order valence-corrected chi connectivity index (χ1v) is 7.61. The van der Waals surface area contributed by atoms with Crippen LogP contribution in [0.2, 0.25) is 5.02 Å². The lowest BCUT2D eigenvalue weighted by Gasteiger charge is -2.16. The molecule has 0 bridgehead atoms. The Balaban J connectivity index is 1.83. The van der Waals surface area contributed by atoms with Gasteiger partial charge in [0.25, 0.3) is 0 Å². The number of hydrogen-bond acceptors (Lipinski definition) is 1. The Kier molecular flexibility index (Phi) is 3.57. The van der Waals surface area contributed by atoms with Gasteiger partial charge in [-0.1, -0.05) is 41.9 Å². The van der Waals surface area contributed by atoms with Gasteiger partial charge in [0.1, 0.15) is 0 Å². The lowest BCUT2D eigenvalue weighted by atomic mass is 9.95. The first-order chi connectivity index (χ1) is 9.62. The predicted molar refractivity (Wildman–Crippen MR) is 85.1 cm³/mol. The Morgan fingerprint density at radius 3 is 2.45 bits per heavy atom. The molecule has 4 heteroatoms. The third-order valence-electron chi connectivity index (χ3n) is 3.69. The summed E-state index contributed by atoms with van der Waals surface area (Å²) in [7, 11) is 0. The molecule has 0 saturated heterocycles. The van der Waals surface area contributed by atoms with Crippen molar-refractivity contribution in [2.45, 2.75) is 18.3 Å². The fourth-order valence-electron chi connectivity index (χ4n) is 2.36. The minimum absolute atomic E-state index is 0.0479. The van der Waals surface area contributed by atoms with Crippen LogP contribution in [0, 0.1) is 0 Å². The van der Waals surface area contributed by atoms with Gasteiger partial charge in [0.05, 0.1) is 11.1 Å². The van der Waals surface area contributed by atoms with E-state index >= 15 is 0 Å². The summed E-state index contributed by atoms with van der Waals surface area (Å²) in [5.74, 6) is 0.0479. The molecule has 1 saturated carbocycles. The van der Waals surface area contributed by atoms with Crippen LogP contribution in [0.5, 0.6) is 0 Å². The maximum Gasteiger partial charge on any atom is 0.235 e. The molecular weight excluding hydrogens is 338 g/mol. The predicted octanol–water partition coefficient (Wildman–Crippen LogP) is 4.77. The second-order valence-electron chi connectivity index (χ2n) is 5.03. The van der Waals surface area contributed by atoms with Crippen molar-refractivity contribution in [3.63, 3.8) is 0 Å². The summed E-state index contributed by atoms with van der Waals surface area (Å²) in [6.07, 6.45) is 1.79. The molecule has 1 aliphatic rings. The first-order valence-electron chi connectivity index (χ1n) is 6.44. The molecule has 0 unspecified atom stereocenters. The van der Waals surface area contributed by atoms with Crippen LogP contribution in [-0.4, -0.2) is 5.91 Å². The lowest BCUT2D eigenvalue weighted by molar-refractivity contribution is -0.118. The number of nitrogens with one attached hydrogen (secondary N) is 1. The SMILES string of the molecule is O=C(Nc1ccc(Cl)cc1Br)C1(c2ccccc2)CC1. The third kappa shape index (κ3) is 2.48. The number of anilines is 1. The molecule has 1 N–H and O–H groups in total. The van der Waals surface area contributed by atoms with Crippen molar-refractivity contribution in [1.29, 1.82) is 0 Å². The number of halogens is 2. The quantitative estimate of drug-likeness (QED) is 0.848. The van der Waals surface area contributed by atoms with E-state index in [1.165, 1.54) is 0 Å². The van der Waals surface area contributed by atoms with Crippen LogP contribution < -0.4 is 5.32 Å². The standard InChI is InChI=1S/C16H13BrClNO/c17-13-10-12(18)6-7-14(13)19-15(20)16(8-9-16)11-4-2-1-3-5-11/h1-7,10H,8-9H2,(H,19,20). The minimum Gasteiger partial charge on any atom is -0.324 e. The van der Waals surface area contributed by atoms with Gasteiger partial charge in [-0.05, 0) is 52.5 Å². The van der Waals surface area contributed by atoms with Gasteiger partial charge in [-0.15, -0.1) is 0 Å². The van der Waals surface area contributed by atoms with Crippen molar-refractivity contribution in [3.05, 3.63) is 63.6 Å². The van der Waals surface area contributed by atoms with E-state index in [4.69, 9.17) is 11.6 Å². The molecule has 0 heterocycles. The molecule has 20 heavy (non-hydrogen) atoms. The van der Waals surface area contributed by atoms with Gasteiger partial charge in [-0.2, -0.15) is 0 Å². The van der Waals surface area contributed by atoms with Crippen molar-refractivity contribution >= 4 is 39.1 Å². The van der Waals surface area contributed by atoms with Gasteiger partial charge in [-0.25, -0.2) is 0 Å². The summed E-state index contributed by atoms with van der Waals surface area (Å²) in [4.78, 5) is 12.6.